The Morgan fingerprint density at radius 1 is 1.16 bits per heavy atom. The van der Waals surface area contributed by atoms with Crippen LogP contribution in [0.4, 0.5) is 5.13 Å². The average molecular weight is 453 g/mol. The molecule has 8 nitrogen and oxygen atoms in total. The highest BCUT2D eigenvalue weighted by atomic mass is 32.1. The lowest BCUT2D eigenvalue weighted by molar-refractivity contribution is -0.144. The van der Waals surface area contributed by atoms with E-state index in [4.69, 9.17) is 0 Å². The molecule has 1 heterocycles. The van der Waals surface area contributed by atoms with Gasteiger partial charge in [0.05, 0.1) is 11.8 Å². The van der Waals surface area contributed by atoms with E-state index in [1.54, 1.807) is 17.1 Å². The second-order valence-electron chi connectivity index (χ2n) is 9.92. The first-order chi connectivity index (χ1) is 14.5. The summed E-state index contributed by atoms with van der Waals surface area (Å²) in [6.07, 6.45) is 5.82. The van der Waals surface area contributed by atoms with Crippen LogP contribution in [0.2, 0.25) is 0 Å². The molecule has 9 heteroatoms. The van der Waals surface area contributed by atoms with E-state index in [0.717, 1.165) is 25.7 Å². The molecule has 4 N–H and O–H groups in total. The van der Waals surface area contributed by atoms with Crippen molar-refractivity contribution in [2.75, 3.05) is 5.32 Å². The number of carbonyl (C=O) groups is 3. The first-order valence-corrected chi connectivity index (χ1v) is 11.9. The zero-order chi connectivity index (χ0) is 23.2. The molecule has 3 amide bonds. The summed E-state index contributed by atoms with van der Waals surface area (Å²) in [7, 11) is 0. The van der Waals surface area contributed by atoms with Crippen molar-refractivity contribution in [3.05, 3.63) is 11.6 Å². The van der Waals surface area contributed by atoms with Crippen molar-refractivity contribution in [1.82, 2.24) is 15.8 Å². The molecule has 0 spiro atoms. The van der Waals surface area contributed by atoms with Gasteiger partial charge in [-0.1, -0.05) is 47.5 Å². The van der Waals surface area contributed by atoms with E-state index in [-0.39, 0.29) is 23.7 Å². The second-order valence-corrected chi connectivity index (χ2v) is 10.8. The number of nitrogens with one attached hydrogen (secondary N) is 3. The van der Waals surface area contributed by atoms with Gasteiger partial charge in [-0.15, -0.1) is 11.3 Å². The Balaban J connectivity index is 2.28. The molecule has 1 aliphatic carbocycles. The molecule has 3 atom stereocenters. The van der Waals surface area contributed by atoms with Crippen LogP contribution in [-0.2, 0) is 14.4 Å². The highest BCUT2D eigenvalue weighted by Gasteiger charge is 2.43. The SMILES string of the molecule is CC(C)CC(C(=O)NC(C(=O)Nc1nccs1)C(C)(C)C)C(C(=O)NO)C1CCCC1. The topological polar surface area (TPSA) is 120 Å². The lowest BCUT2D eigenvalue weighted by atomic mass is 9.75. The zero-order valence-corrected chi connectivity index (χ0v) is 19.9. The predicted octanol–water partition coefficient (Wildman–Crippen LogP) is 3.59. The number of thiazole rings is 1. The summed E-state index contributed by atoms with van der Waals surface area (Å²) in [6, 6.07) is -0.806. The molecule has 1 saturated carbocycles. The van der Waals surface area contributed by atoms with Crippen molar-refractivity contribution >= 4 is 34.2 Å². The molecular formula is C22H36N4O4S. The van der Waals surface area contributed by atoms with E-state index in [1.165, 1.54) is 11.3 Å². The Hall–Kier alpha value is -2.00. The average Bonchev–Trinajstić information content (AvgIpc) is 3.38. The molecule has 31 heavy (non-hydrogen) atoms. The summed E-state index contributed by atoms with van der Waals surface area (Å²) in [5.74, 6) is -2.24. The number of nitrogens with zero attached hydrogens (tertiary/aromatic N) is 1. The van der Waals surface area contributed by atoms with Crippen LogP contribution in [0.5, 0.6) is 0 Å². The van der Waals surface area contributed by atoms with Crippen molar-refractivity contribution in [2.45, 2.75) is 72.8 Å². The van der Waals surface area contributed by atoms with Crippen molar-refractivity contribution in [2.24, 2.45) is 29.1 Å². The maximum absolute atomic E-state index is 13.5. The minimum atomic E-state index is -0.806. The molecule has 1 aromatic rings. The van der Waals surface area contributed by atoms with Crippen LogP contribution in [0.3, 0.4) is 0 Å². The first kappa shape index (κ1) is 25.3. The summed E-state index contributed by atoms with van der Waals surface area (Å²) in [4.78, 5) is 43.2. The number of anilines is 1. The minimum Gasteiger partial charge on any atom is -0.344 e. The number of carbonyl (C=O) groups excluding carboxylic acids is 3. The maximum atomic E-state index is 13.5. The predicted molar refractivity (Wildman–Crippen MR) is 120 cm³/mol. The summed E-state index contributed by atoms with van der Waals surface area (Å²) in [5.41, 5.74) is 1.23. The normalized spacial score (nSPS) is 17.8. The Kier molecular flexibility index (Phi) is 9.00. The molecule has 0 aromatic carbocycles. The van der Waals surface area contributed by atoms with Crippen molar-refractivity contribution in [1.29, 1.82) is 0 Å². The number of rotatable bonds is 9. The molecular weight excluding hydrogens is 416 g/mol. The van der Waals surface area contributed by atoms with E-state index in [2.05, 4.69) is 15.6 Å². The van der Waals surface area contributed by atoms with Crippen molar-refractivity contribution in [3.63, 3.8) is 0 Å². The molecule has 0 bridgehead atoms. The molecule has 1 aliphatic rings. The molecule has 3 unspecified atom stereocenters. The highest BCUT2D eigenvalue weighted by molar-refractivity contribution is 7.13. The molecule has 0 saturated heterocycles. The van der Waals surface area contributed by atoms with Gasteiger partial charge in [0.1, 0.15) is 6.04 Å². The van der Waals surface area contributed by atoms with Crippen LogP contribution in [0.15, 0.2) is 11.6 Å². The Labute approximate surface area is 188 Å². The summed E-state index contributed by atoms with van der Waals surface area (Å²) in [5, 5.41) is 17.3. The van der Waals surface area contributed by atoms with E-state index < -0.39 is 29.2 Å². The van der Waals surface area contributed by atoms with E-state index >= 15 is 0 Å². The zero-order valence-electron chi connectivity index (χ0n) is 19.1. The third kappa shape index (κ3) is 7.00. The number of amides is 3. The quantitative estimate of drug-likeness (QED) is 0.337. The second kappa shape index (κ2) is 11.0. The van der Waals surface area contributed by atoms with Gasteiger partial charge in [-0.2, -0.15) is 0 Å². The van der Waals surface area contributed by atoms with Gasteiger partial charge >= 0.3 is 0 Å². The lowest BCUT2D eigenvalue weighted by Crippen LogP contribution is -2.55. The fourth-order valence-electron chi connectivity index (χ4n) is 4.43. The Bertz CT molecular complexity index is 739. The number of hydrogen-bond donors (Lipinski definition) is 4. The van der Waals surface area contributed by atoms with Gasteiger partial charge < -0.3 is 10.6 Å². The molecule has 0 radical (unpaired) electrons. The van der Waals surface area contributed by atoms with Crippen LogP contribution >= 0.6 is 11.3 Å². The van der Waals surface area contributed by atoms with Gasteiger partial charge in [-0.3, -0.25) is 19.6 Å². The van der Waals surface area contributed by atoms with Crippen LogP contribution < -0.4 is 16.1 Å². The van der Waals surface area contributed by atoms with Crippen molar-refractivity contribution in [3.8, 4) is 0 Å². The number of hydrogen-bond acceptors (Lipinski definition) is 6. The third-order valence-electron chi connectivity index (χ3n) is 5.89. The molecule has 1 aromatic heterocycles. The Morgan fingerprint density at radius 2 is 1.81 bits per heavy atom. The van der Waals surface area contributed by atoms with Gasteiger partial charge in [0.2, 0.25) is 17.7 Å². The van der Waals surface area contributed by atoms with E-state index in [1.807, 2.05) is 34.6 Å². The van der Waals surface area contributed by atoms with Crippen LogP contribution in [-0.4, -0.2) is 34.0 Å². The standard InChI is InChI=1S/C22H36N4O4S/c1-13(2)12-15(16(19(28)26-30)14-8-6-7-9-14)18(27)24-17(22(3,4)5)20(29)25-21-23-10-11-31-21/h10-11,13-17,30H,6-9,12H2,1-5H3,(H,24,27)(H,26,28)(H,23,25,29). The summed E-state index contributed by atoms with van der Waals surface area (Å²) in [6.45, 7) is 9.64. The largest absolute Gasteiger partial charge is 0.344 e. The molecule has 1 fully saturated rings. The van der Waals surface area contributed by atoms with Crippen LogP contribution in [0.1, 0.15) is 66.7 Å². The van der Waals surface area contributed by atoms with Crippen LogP contribution in [0.25, 0.3) is 0 Å². The van der Waals surface area contributed by atoms with Gasteiger partial charge in [-0.05, 0) is 36.5 Å². The molecule has 2 rings (SSSR count). The number of hydroxylamine groups is 1. The first-order valence-electron chi connectivity index (χ1n) is 11.0. The summed E-state index contributed by atoms with van der Waals surface area (Å²) >= 11 is 1.31. The molecule has 174 valence electrons. The van der Waals surface area contributed by atoms with Gasteiger partial charge in [0.25, 0.3) is 0 Å². The fourth-order valence-corrected chi connectivity index (χ4v) is 4.96. The van der Waals surface area contributed by atoms with E-state index in [9.17, 15) is 19.6 Å². The van der Waals surface area contributed by atoms with E-state index in [0.29, 0.717) is 11.6 Å². The van der Waals surface area contributed by atoms with Crippen LogP contribution in [0, 0.1) is 29.1 Å². The monoisotopic (exact) mass is 452 g/mol. The van der Waals surface area contributed by atoms with Gasteiger partial charge in [0.15, 0.2) is 5.13 Å². The van der Waals surface area contributed by atoms with Gasteiger partial charge in [0, 0.05) is 11.6 Å². The highest BCUT2D eigenvalue weighted by Crippen LogP contribution is 2.38. The smallest absolute Gasteiger partial charge is 0.249 e. The van der Waals surface area contributed by atoms with Gasteiger partial charge in [-0.25, -0.2) is 10.5 Å². The lowest BCUT2D eigenvalue weighted by Gasteiger charge is -2.34. The fraction of sp³-hybridized carbons (Fsp3) is 0.727. The van der Waals surface area contributed by atoms with Crippen molar-refractivity contribution < 1.29 is 19.6 Å². The third-order valence-corrected chi connectivity index (χ3v) is 6.58. The molecule has 0 aliphatic heterocycles. The maximum Gasteiger partial charge on any atom is 0.249 e. The number of aromatic nitrogens is 1. The Morgan fingerprint density at radius 3 is 2.29 bits per heavy atom. The summed E-state index contributed by atoms with van der Waals surface area (Å²) < 4.78 is 0. The minimum absolute atomic E-state index is 0.0406.